The highest BCUT2D eigenvalue weighted by molar-refractivity contribution is 5.94. The SMILES string of the molecule is Cc1ccnn1-c1ccc(C(=O)N(C)Cc2ccccc2N2CCCCC2)cc1. The number of aryl methyl sites for hydroxylation is 1. The third-order valence-electron chi connectivity index (χ3n) is 5.63. The van der Waals surface area contributed by atoms with Crippen molar-refractivity contribution in [3.05, 3.63) is 77.6 Å². The van der Waals surface area contributed by atoms with Gasteiger partial charge in [0, 0.05) is 49.8 Å². The maximum atomic E-state index is 13.0. The van der Waals surface area contributed by atoms with Crippen molar-refractivity contribution in [2.75, 3.05) is 25.0 Å². The molecule has 1 saturated heterocycles. The third kappa shape index (κ3) is 4.19. The lowest BCUT2D eigenvalue weighted by Crippen LogP contribution is -2.32. The van der Waals surface area contributed by atoms with Gasteiger partial charge in [0.25, 0.3) is 5.91 Å². The van der Waals surface area contributed by atoms with E-state index in [2.05, 4.69) is 34.3 Å². The first-order valence-corrected chi connectivity index (χ1v) is 10.3. The van der Waals surface area contributed by atoms with Crippen LogP contribution in [0.1, 0.15) is 40.9 Å². The van der Waals surface area contributed by atoms with Gasteiger partial charge in [0.15, 0.2) is 0 Å². The molecule has 1 aromatic heterocycles. The van der Waals surface area contributed by atoms with Crippen LogP contribution >= 0.6 is 0 Å². The molecule has 4 rings (SSSR count). The zero-order chi connectivity index (χ0) is 20.2. The number of carbonyl (C=O) groups is 1. The molecule has 0 saturated carbocycles. The molecular weight excluding hydrogens is 360 g/mol. The molecule has 5 nitrogen and oxygen atoms in total. The maximum absolute atomic E-state index is 13.0. The molecule has 1 aliphatic heterocycles. The number of aromatic nitrogens is 2. The normalized spacial score (nSPS) is 14.1. The molecule has 0 unspecified atom stereocenters. The van der Waals surface area contributed by atoms with Crippen LogP contribution in [0.25, 0.3) is 5.69 Å². The molecular formula is C24H28N4O. The number of para-hydroxylation sites is 1. The Morgan fingerprint density at radius 3 is 2.41 bits per heavy atom. The molecule has 0 atom stereocenters. The second kappa shape index (κ2) is 8.52. The van der Waals surface area contributed by atoms with Crippen LogP contribution < -0.4 is 4.90 Å². The molecule has 2 aromatic carbocycles. The fourth-order valence-electron chi connectivity index (χ4n) is 4.02. The smallest absolute Gasteiger partial charge is 0.253 e. The summed E-state index contributed by atoms with van der Waals surface area (Å²) in [7, 11) is 1.88. The number of benzene rings is 2. The predicted molar refractivity (Wildman–Crippen MR) is 117 cm³/mol. The molecule has 0 aliphatic carbocycles. The standard InChI is InChI=1S/C24H28N4O/c1-19-14-15-25-28(19)22-12-10-20(11-13-22)24(29)26(2)18-21-8-4-5-9-23(21)27-16-6-3-7-17-27/h4-5,8-15H,3,6-7,16-18H2,1-2H3. The first-order valence-electron chi connectivity index (χ1n) is 10.3. The van der Waals surface area contributed by atoms with E-state index in [1.54, 1.807) is 11.1 Å². The molecule has 1 amide bonds. The van der Waals surface area contributed by atoms with E-state index in [4.69, 9.17) is 0 Å². The van der Waals surface area contributed by atoms with Crippen molar-refractivity contribution in [1.82, 2.24) is 14.7 Å². The maximum Gasteiger partial charge on any atom is 0.253 e. The van der Waals surface area contributed by atoms with E-state index in [1.165, 1.54) is 30.5 Å². The monoisotopic (exact) mass is 388 g/mol. The van der Waals surface area contributed by atoms with Crippen LogP contribution in [0.15, 0.2) is 60.8 Å². The number of rotatable bonds is 5. The molecule has 5 heteroatoms. The van der Waals surface area contributed by atoms with Gasteiger partial charge in [-0.25, -0.2) is 4.68 Å². The van der Waals surface area contributed by atoms with Crippen LogP contribution in [0.2, 0.25) is 0 Å². The molecule has 29 heavy (non-hydrogen) atoms. The van der Waals surface area contributed by atoms with Crippen molar-refractivity contribution in [3.63, 3.8) is 0 Å². The number of carbonyl (C=O) groups excluding carboxylic acids is 1. The molecule has 0 bridgehead atoms. The molecule has 1 aliphatic rings. The van der Waals surface area contributed by atoms with Crippen LogP contribution in [-0.2, 0) is 6.54 Å². The van der Waals surface area contributed by atoms with E-state index in [0.717, 1.165) is 24.5 Å². The Labute approximate surface area is 172 Å². The summed E-state index contributed by atoms with van der Waals surface area (Å²) in [5, 5.41) is 4.32. The lowest BCUT2D eigenvalue weighted by molar-refractivity contribution is 0.0785. The van der Waals surface area contributed by atoms with Crippen molar-refractivity contribution in [2.24, 2.45) is 0 Å². The van der Waals surface area contributed by atoms with Crippen LogP contribution in [0.3, 0.4) is 0 Å². The summed E-state index contributed by atoms with van der Waals surface area (Å²) in [5.74, 6) is 0.0298. The first kappa shape index (κ1) is 19.2. The first-order chi connectivity index (χ1) is 14.1. The van der Waals surface area contributed by atoms with Gasteiger partial charge >= 0.3 is 0 Å². The Hall–Kier alpha value is -3.08. The van der Waals surface area contributed by atoms with Crippen molar-refractivity contribution in [3.8, 4) is 5.69 Å². The lowest BCUT2D eigenvalue weighted by Gasteiger charge is -2.31. The Kier molecular flexibility index (Phi) is 5.65. The number of amides is 1. The van der Waals surface area contributed by atoms with Crippen LogP contribution in [0.5, 0.6) is 0 Å². The Balaban J connectivity index is 1.48. The molecule has 2 heterocycles. The fourth-order valence-corrected chi connectivity index (χ4v) is 4.02. The second-order valence-electron chi connectivity index (χ2n) is 7.77. The minimum atomic E-state index is 0.0298. The highest BCUT2D eigenvalue weighted by Crippen LogP contribution is 2.25. The minimum Gasteiger partial charge on any atom is -0.371 e. The summed E-state index contributed by atoms with van der Waals surface area (Å²) in [6, 6.07) is 18.1. The van der Waals surface area contributed by atoms with Crippen molar-refractivity contribution in [1.29, 1.82) is 0 Å². The fraction of sp³-hybridized carbons (Fsp3) is 0.333. The summed E-state index contributed by atoms with van der Waals surface area (Å²) in [4.78, 5) is 17.3. The van der Waals surface area contributed by atoms with Crippen LogP contribution in [0.4, 0.5) is 5.69 Å². The van der Waals surface area contributed by atoms with E-state index in [9.17, 15) is 4.79 Å². The van der Waals surface area contributed by atoms with Gasteiger partial charge in [0.2, 0.25) is 0 Å². The average Bonchev–Trinajstić information content (AvgIpc) is 3.20. The van der Waals surface area contributed by atoms with Gasteiger partial charge in [0.1, 0.15) is 0 Å². The van der Waals surface area contributed by atoms with E-state index >= 15 is 0 Å². The van der Waals surface area contributed by atoms with Gasteiger partial charge in [-0.3, -0.25) is 4.79 Å². The Morgan fingerprint density at radius 1 is 1.00 bits per heavy atom. The van der Waals surface area contributed by atoms with E-state index in [-0.39, 0.29) is 5.91 Å². The van der Waals surface area contributed by atoms with Gasteiger partial charge in [-0.2, -0.15) is 5.10 Å². The van der Waals surface area contributed by atoms with Gasteiger partial charge in [-0.05, 0) is 68.1 Å². The van der Waals surface area contributed by atoms with Crippen molar-refractivity contribution < 1.29 is 4.79 Å². The number of nitrogens with zero attached hydrogens (tertiary/aromatic N) is 4. The summed E-state index contributed by atoms with van der Waals surface area (Å²) < 4.78 is 1.87. The Morgan fingerprint density at radius 2 is 1.72 bits per heavy atom. The predicted octanol–water partition coefficient (Wildman–Crippen LogP) is 4.44. The highest BCUT2D eigenvalue weighted by Gasteiger charge is 2.18. The minimum absolute atomic E-state index is 0.0298. The summed E-state index contributed by atoms with van der Waals surface area (Å²) in [6.07, 6.45) is 5.57. The molecule has 1 fully saturated rings. The highest BCUT2D eigenvalue weighted by atomic mass is 16.2. The van der Waals surface area contributed by atoms with Crippen molar-refractivity contribution in [2.45, 2.75) is 32.7 Å². The zero-order valence-electron chi connectivity index (χ0n) is 17.2. The van der Waals surface area contributed by atoms with Gasteiger partial charge in [0.05, 0.1) is 5.69 Å². The van der Waals surface area contributed by atoms with Gasteiger partial charge in [-0.15, -0.1) is 0 Å². The number of hydrogen-bond donors (Lipinski definition) is 0. The van der Waals surface area contributed by atoms with Crippen LogP contribution in [0, 0.1) is 6.92 Å². The van der Waals surface area contributed by atoms with E-state index < -0.39 is 0 Å². The van der Waals surface area contributed by atoms with Crippen molar-refractivity contribution >= 4 is 11.6 Å². The quantitative estimate of drug-likeness (QED) is 0.649. The lowest BCUT2D eigenvalue weighted by atomic mass is 10.1. The third-order valence-corrected chi connectivity index (χ3v) is 5.63. The molecule has 3 aromatic rings. The zero-order valence-corrected chi connectivity index (χ0v) is 17.2. The molecule has 0 N–H and O–H groups in total. The molecule has 0 radical (unpaired) electrons. The number of anilines is 1. The summed E-state index contributed by atoms with van der Waals surface area (Å²) in [6.45, 7) is 4.82. The molecule has 0 spiro atoms. The Bertz CT molecular complexity index is 971. The largest absolute Gasteiger partial charge is 0.371 e. The topological polar surface area (TPSA) is 41.4 Å². The molecule has 150 valence electrons. The van der Waals surface area contributed by atoms with Gasteiger partial charge in [-0.1, -0.05) is 18.2 Å². The second-order valence-corrected chi connectivity index (χ2v) is 7.77. The summed E-state index contributed by atoms with van der Waals surface area (Å²) in [5.41, 5.74) is 5.18. The van der Waals surface area contributed by atoms with E-state index in [0.29, 0.717) is 12.1 Å². The number of hydrogen-bond acceptors (Lipinski definition) is 3. The average molecular weight is 389 g/mol. The number of piperidine rings is 1. The summed E-state index contributed by atoms with van der Waals surface area (Å²) >= 11 is 0. The van der Waals surface area contributed by atoms with Gasteiger partial charge < -0.3 is 9.80 Å². The van der Waals surface area contributed by atoms with E-state index in [1.807, 2.05) is 49.0 Å². The van der Waals surface area contributed by atoms with Crippen LogP contribution in [-0.4, -0.2) is 40.7 Å².